The summed E-state index contributed by atoms with van der Waals surface area (Å²) in [7, 11) is 0. The molecule has 0 bridgehead atoms. The topological polar surface area (TPSA) is 59.1 Å². The molecule has 6 nitrogen and oxygen atoms in total. The van der Waals surface area contributed by atoms with Crippen molar-refractivity contribution in [2.75, 3.05) is 46.0 Å². The van der Waals surface area contributed by atoms with Crippen molar-refractivity contribution in [1.82, 2.24) is 9.80 Å². The molecular weight excluding hydrogens is 368 g/mol. The normalized spacial score (nSPS) is 28.0. The highest BCUT2D eigenvalue weighted by molar-refractivity contribution is 5.80. The number of carbonyl (C=O) groups is 2. The molecule has 0 aromatic carbocycles. The van der Waals surface area contributed by atoms with E-state index in [2.05, 4.69) is 4.90 Å². The molecule has 1 saturated carbocycles. The SMILES string of the molecule is CC(=O)N1CCC(C(=O)N2CCC3(CC2)CC(CCOCC2CC2)CCO3)CC1. The molecule has 4 rings (SSSR count). The molecule has 3 heterocycles. The lowest BCUT2D eigenvalue weighted by molar-refractivity contribution is -0.153. The van der Waals surface area contributed by atoms with E-state index >= 15 is 0 Å². The highest BCUT2D eigenvalue weighted by atomic mass is 16.5. The maximum absolute atomic E-state index is 13.0. The summed E-state index contributed by atoms with van der Waals surface area (Å²) in [6.07, 6.45) is 9.66. The van der Waals surface area contributed by atoms with Gasteiger partial charge < -0.3 is 19.3 Å². The van der Waals surface area contributed by atoms with E-state index in [4.69, 9.17) is 9.47 Å². The molecule has 29 heavy (non-hydrogen) atoms. The summed E-state index contributed by atoms with van der Waals surface area (Å²) in [4.78, 5) is 28.4. The third-order valence-corrected chi connectivity index (χ3v) is 7.59. The number of ether oxygens (including phenoxy) is 2. The molecule has 6 heteroatoms. The Labute approximate surface area is 175 Å². The fraction of sp³-hybridized carbons (Fsp3) is 0.913. The molecule has 0 radical (unpaired) electrons. The monoisotopic (exact) mass is 406 g/mol. The molecule has 1 unspecified atom stereocenters. The highest BCUT2D eigenvalue weighted by Gasteiger charge is 2.42. The number of rotatable bonds is 6. The Morgan fingerprint density at radius 3 is 2.34 bits per heavy atom. The molecule has 3 aliphatic heterocycles. The van der Waals surface area contributed by atoms with Crippen LogP contribution in [0.4, 0.5) is 0 Å². The standard InChI is InChI=1S/C23H38N2O4/c1-18(26)24-10-4-21(5-11-24)22(27)25-12-8-23(9-13-25)16-19(7-15-29-23)6-14-28-17-20-2-3-20/h19-21H,2-17H2,1H3. The quantitative estimate of drug-likeness (QED) is 0.637. The molecule has 4 aliphatic rings. The zero-order chi connectivity index (χ0) is 20.3. The van der Waals surface area contributed by atoms with Crippen LogP contribution in [0.15, 0.2) is 0 Å². The first kappa shape index (κ1) is 21.1. The number of carbonyl (C=O) groups excluding carboxylic acids is 2. The molecule has 3 saturated heterocycles. The summed E-state index contributed by atoms with van der Waals surface area (Å²) in [6.45, 7) is 7.38. The van der Waals surface area contributed by atoms with Gasteiger partial charge in [0, 0.05) is 58.8 Å². The van der Waals surface area contributed by atoms with Crippen molar-refractivity contribution in [3.63, 3.8) is 0 Å². The van der Waals surface area contributed by atoms with E-state index in [1.807, 2.05) is 4.90 Å². The lowest BCUT2D eigenvalue weighted by Crippen LogP contribution is -2.52. The van der Waals surface area contributed by atoms with Crippen LogP contribution < -0.4 is 0 Å². The van der Waals surface area contributed by atoms with Gasteiger partial charge in [-0.25, -0.2) is 0 Å². The van der Waals surface area contributed by atoms with Crippen LogP contribution in [0.2, 0.25) is 0 Å². The molecule has 2 amide bonds. The van der Waals surface area contributed by atoms with Gasteiger partial charge in [-0.1, -0.05) is 0 Å². The first-order valence-corrected chi connectivity index (χ1v) is 11.8. The number of nitrogens with zero attached hydrogens (tertiary/aromatic N) is 2. The van der Waals surface area contributed by atoms with Gasteiger partial charge in [0.2, 0.25) is 11.8 Å². The van der Waals surface area contributed by atoms with E-state index in [1.54, 1.807) is 6.92 Å². The van der Waals surface area contributed by atoms with E-state index in [9.17, 15) is 9.59 Å². The minimum absolute atomic E-state index is 0.0197. The Hall–Kier alpha value is -1.14. The Kier molecular flexibility index (Phi) is 6.80. The molecular formula is C23H38N2O4. The number of hydrogen-bond acceptors (Lipinski definition) is 4. The van der Waals surface area contributed by atoms with Crippen molar-refractivity contribution in [2.45, 2.75) is 70.3 Å². The molecule has 1 atom stereocenters. The smallest absolute Gasteiger partial charge is 0.225 e. The first-order valence-electron chi connectivity index (χ1n) is 11.8. The second-order valence-electron chi connectivity index (χ2n) is 9.80. The van der Waals surface area contributed by atoms with Crippen LogP contribution >= 0.6 is 0 Å². The summed E-state index contributed by atoms with van der Waals surface area (Å²) in [5.74, 6) is 2.04. The molecule has 0 aromatic heterocycles. The number of hydrogen-bond donors (Lipinski definition) is 0. The highest BCUT2D eigenvalue weighted by Crippen LogP contribution is 2.39. The largest absolute Gasteiger partial charge is 0.381 e. The van der Waals surface area contributed by atoms with Crippen LogP contribution in [0, 0.1) is 17.8 Å². The Morgan fingerprint density at radius 1 is 0.966 bits per heavy atom. The van der Waals surface area contributed by atoms with Gasteiger partial charge in [0.15, 0.2) is 0 Å². The predicted octanol–water partition coefficient (Wildman–Crippen LogP) is 2.85. The van der Waals surface area contributed by atoms with Gasteiger partial charge in [-0.15, -0.1) is 0 Å². The second kappa shape index (κ2) is 9.34. The zero-order valence-corrected chi connectivity index (χ0v) is 18.1. The molecule has 1 aliphatic carbocycles. The van der Waals surface area contributed by atoms with Crippen molar-refractivity contribution in [3.05, 3.63) is 0 Å². The fourth-order valence-electron chi connectivity index (χ4n) is 5.34. The lowest BCUT2D eigenvalue weighted by atomic mass is 9.78. The summed E-state index contributed by atoms with van der Waals surface area (Å²) in [5.41, 5.74) is -0.0197. The van der Waals surface area contributed by atoms with Gasteiger partial charge in [-0.05, 0) is 69.6 Å². The van der Waals surface area contributed by atoms with Crippen LogP contribution in [0.3, 0.4) is 0 Å². The van der Waals surface area contributed by atoms with Gasteiger partial charge in [0.1, 0.15) is 0 Å². The van der Waals surface area contributed by atoms with Gasteiger partial charge in [0.05, 0.1) is 5.60 Å². The van der Waals surface area contributed by atoms with Crippen LogP contribution in [0.25, 0.3) is 0 Å². The van der Waals surface area contributed by atoms with E-state index in [0.717, 1.165) is 96.9 Å². The number of amides is 2. The van der Waals surface area contributed by atoms with E-state index in [1.165, 1.54) is 12.8 Å². The lowest BCUT2D eigenvalue weighted by Gasteiger charge is -2.47. The first-order chi connectivity index (χ1) is 14.0. The van der Waals surface area contributed by atoms with Crippen molar-refractivity contribution < 1.29 is 19.1 Å². The molecule has 4 fully saturated rings. The molecule has 0 aromatic rings. The second-order valence-corrected chi connectivity index (χ2v) is 9.80. The van der Waals surface area contributed by atoms with Crippen LogP contribution in [0.1, 0.15) is 64.7 Å². The number of piperidine rings is 2. The molecule has 0 N–H and O–H groups in total. The van der Waals surface area contributed by atoms with Gasteiger partial charge in [0.25, 0.3) is 0 Å². The minimum Gasteiger partial charge on any atom is -0.381 e. The van der Waals surface area contributed by atoms with E-state index < -0.39 is 0 Å². The predicted molar refractivity (Wildman–Crippen MR) is 110 cm³/mol. The Bertz CT molecular complexity index is 575. The Morgan fingerprint density at radius 2 is 1.69 bits per heavy atom. The van der Waals surface area contributed by atoms with Crippen molar-refractivity contribution in [1.29, 1.82) is 0 Å². The molecule has 1 spiro atoms. The van der Waals surface area contributed by atoms with Crippen molar-refractivity contribution in [3.8, 4) is 0 Å². The van der Waals surface area contributed by atoms with Gasteiger partial charge in [-0.3, -0.25) is 9.59 Å². The zero-order valence-electron chi connectivity index (χ0n) is 18.1. The van der Waals surface area contributed by atoms with Crippen LogP contribution in [-0.2, 0) is 19.1 Å². The van der Waals surface area contributed by atoms with E-state index in [-0.39, 0.29) is 17.4 Å². The summed E-state index contributed by atoms with van der Waals surface area (Å²) in [6, 6.07) is 0. The average molecular weight is 407 g/mol. The molecule has 164 valence electrons. The minimum atomic E-state index is -0.0197. The van der Waals surface area contributed by atoms with Crippen molar-refractivity contribution in [2.24, 2.45) is 17.8 Å². The van der Waals surface area contributed by atoms with Crippen molar-refractivity contribution >= 4 is 11.8 Å². The summed E-state index contributed by atoms with van der Waals surface area (Å²) < 4.78 is 12.1. The third kappa shape index (κ3) is 5.52. The summed E-state index contributed by atoms with van der Waals surface area (Å²) in [5, 5.41) is 0. The van der Waals surface area contributed by atoms with Crippen LogP contribution in [0.5, 0.6) is 0 Å². The number of likely N-dealkylation sites (tertiary alicyclic amines) is 2. The summed E-state index contributed by atoms with van der Waals surface area (Å²) >= 11 is 0. The van der Waals surface area contributed by atoms with Gasteiger partial charge in [-0.2, -0.15) is 0 Å². The maximum Gasteiger partial charge on any atom is 0.225 e. The maximum atomic E-state index is 13.0. The Balaban J connectivity index is 1.19. The fourth-order valence-corrected chi connectivity index (χ4v) is 5.34. The van der Waals surface area contributed by atoms with E-state index in [0.29, 0.717) is 11.8 Å². The average Bonchev–Trinajstić information content (AvgIpc) is 3.56. The van der Waals surface area contributed by atoms with Gasteiger partial charge >= 0.3 is 0 Å². The third-order valence-electron chi connectivity index (χ3n) is 7.59. The van der Waals surface area contributed by atoms with Crippen LogP contribution in [-0.4, -0.2) is 73.2 Å².